The third kappa shape index (κ3) is 1.10. The molecule has 0 fully saturated rings. The molecule has 0 aromatic heterocycles. The Bertz CT molecular complexity index is 163. The highest BCUT2D eigenvalue weighted by Gasteiger charge is 2.25. The molecule has 48 valence electrons. The highest BCUT2D eigenvalue weighted by atomic mass is 16.6. The van der Waals surface area contributed by atoms with Gasteiger partial charge in [-0.2, -0.15) is 0 Å². The van der Waals surface area contributed by atoms with E-state index in [0.29, 0.717) is 6.47 Å². The Labute approximate surface area is 51.4 Å². The summed E-state index contributed by atoms with van der Waals surface area (Å²) in [6.07, 6.45) is 1.35. The number of rotatable bonds is 2. The van der Waals surface area contributed by atoms with Gasteiger partial charge in [0.1, 0.15) is 0 Å². The standard InChI is InChI=1S/C4H5N3O2/c1-4(9-3-8)2-5-7-6-4/h2-3H,1H3. The van der Waals surface area contributed by atoms with Gasteiger partial charge in [-0.1, -0.05) is 0 Å². The molecule has 0 saturated carbocycles. The molecule has 1 aliphatic rings. The first-order chi connectivity index (χ1) is 4.27. The maximum Gasteiger partial charge on any atom is 0.295 e. The lowest BCUT2D eigenvalue weighted by atomic mass is 10.3. The molecule has 0 aromatic carbocycles. The van der Waals surface area contributed by atoms with E-state index >= 15 is 0 Å². The summed E-state index contributed by atoms with van der Waals surface area (Å²) in [5, 5.41) is 10.2. The highest BCUT2D eigenvalue weighted by molar-refractivity contribution is 5.70. The number of carbonyl (C=O) groups is 1. The molecule has 0 aromatic rings. The van der Waals surface area contributed by atoms with Gasteiger partial charge >= 0.3 is 0 Å². The molecule has 1 atom stereocenters. The van der Waals surface area contributed by atoms with Gasteiger partial charge in [0.25, 0.3) is 12.2 Å². The highest BCUT2D eigenvalue weighted by Crippen LogP contribution is 2.13. The van der Waals surface area contributed by atoms with Gasteiger partial charge in [-0.25, -0.2) is 0 Å². The molecule has 1 unspecified atom stereocenters. The Kier molecular flexibility index (Phi) is 1.26. The Morgan fingerprint density at radius 1 is 1.78 bits per heavy atom. The van der Waals surface area contributed by atoms with Crippen LogP contribution in [0, 0.1) is 0 Å². The molecule has 0 N–H and O–H groups in total. The van der Waals surface area contributed by atoms with Gasteiger partial charge in [-0.3, -0.25) is 4.79 Å². The van der Waals surface area contributed by atoms with E-state index in [-0.39, 0.29) is 0 Å². The van der Waals surface area contributed by atoms with Gasteiger partial charge in [-0.15, -0.1) is 10.2 Å². The van der Waals surface area contributed by atoms with Crippen LogP contribution in [0.1, 0.15) is 6.92 Å². The molecule has 0 aliphatic carbocycles. The van der Waals surface area contributed by atoms with Crippen molar-refractivity contribution in [1.82, 2.24) is 0 Å². The SMILES string of the molecule is CC1(OC=O)C=NN=N1. The minimum atomic E-state index is -0.957. The lowest BCUT2D eigenvalue weighted by Gasteiger charge is -2.10. The Hall–Kier alpha value is -1.26. The zero-order valence-corrected chi connectivity index (χ0v) is 4.81. The van der Waals surface area contributed by atoms with E-state index in [1.807, 2.05) is 0 Å². The third-order valence-corrected chi connectivity index (χ3v) is 0.879. The van der Waals surface area contributed by atoms with Crippen molar-refractivity contribution >= 4 is 12.7 Å². The topological polar surface area (TPSA) is 63.4 Å². The summed E-state index contributed by atoms with van der Waals surface area (Å²) in [7, 11) is 0. The summed E-state index contributed by atoms with van der Waals surface area (Å²) in [6, 6.07) is 0. The summed E-state index contributed by atoms with van der Waals surface area (Å²) in [6.45, 7) is 1.90. The fraction of sp³-hybridized carbons (Fsp3) is 0.500. The van der Waals surface area contributed by atoms with Gasteiger partial charge < -0.3 is 4.74 Å². The maximum atomic E-state index is 9.78. The van der Waals surface area contributed by atoms with Gasteiger partial charge in [0.2, 0.25) is 0 Å². The molecule has 0 bridgehead atoms. The molecule has 1 aliphatic heterocycles. The Balaban J connectivity index is 2.63. The molecule has 1 rings (SSSR count). The van der Waals surface area contributed by atoms with Crippen molar-refractivity contribution in [2.45, 2.75) is 12.6 Å². The molecule has 0 radical (unpaired) electrons. The maximum absolute atomic E-state index is 9.78. The smallest absolute Gasteiger partial charge is 0.295 e. The van der Waals surface area contributed by atoms with Crippen LogP contribution in [-0.2, 0) is 9.53 Å². The van der Waals surface area contributed by atoms with Crippen LogP contribution in [0.2, 0.25) is 0 Å². The molecule has 9 heavy (non-hydrogen) atoms. The minimum Gasteiger partial charge on any atom is -0.432 e. The normalized spacial score (nSPS) is 30.8. The predicted octanol–water partition coefficient (Wildman–Crippen LogP) is 0.327. The van der Waals surface area contributed by atoms with E-state index in [2.05, 4.69) is 20.2 Å². The first-order valence-corrected chi connectivity index (χ1v) is 2.35. The fourth-order valence-corrected chi connectivity index (χ4v) is 0.425. The second kappa shape index (κ2) is 1.93. The van der Waals surface area contributed by atoms with Crippen LogP contribution < -0.4 is 0 Å². The molecular formula is C4H5N3O2. The lowest BCUT2D eigenvalue weighted by Crippen LogP contribution is -2.24. The molecule has 5 nitrogen and oxygen atoms in total. The van der Waals surface area contributed by atoms with Gasteiger partial charge in [0, 0.05) is 6.92 Å². The Morgan fingerprint density at radius 2 is 2.56 bits per heavy atom. The number of hydrogen-bond donors (Lipinski definition) is 0. The Morgan fingerprint density at radius 3 is 3.00 bits per heavy atom. The molecule has 0 amide bonds. The summed E-state index contributed by atoms with van der Waals surface area (Å²) in [5.41, 5.74) is -0.957. The van der Waals surface area contributed by atoms with E-state index in [4.69, 9.17) is 0 Å². The van der Waals surface area contributed by atoms with Crippen molar-refractivity contribution in [2.24, 2.45) is 15.4 Å². The summed E-state index contributed by atoms with van der Waals surface area (Å²) >= 11 is 0. The predicted molar refractivity (Wildman–Crippen MR) is 28.9 cm³/mol. The van der Waals surface area contributed by atoms with E-state index in [0.717, 1.165) is 0 Å². The fourth-order valence-electron chi connectivity index (χ4n) is 0.425. The van der Waals surface area contributed by atoms with E-state index in [9.17, 15) is 4.79 Å². The molecule has 0 saturated heterocycles. The first kappa shape index (κ1) is 5.87. The molecule has 1 heterocycles. The van der Waals surface area contributed by atoms with Crippen LogP contribution in [0.4, 0.5) is 0 Å². The van der Waals surface area contributed by atoms with E-state index in [1.54, 1.807) is 6.92 Å². The quantitative estimate of drug-likeness (QED) is 0.501. The second-order valence-corrected chi connectivity index (χ2v) is 1.70. The second-order valence-electron chi connectivity index (χ2n) is 1.70. The van der Waals surface area contributed by atoms with Crippen LogP contribution in [-0.4, -0.2) is 18.4 Å². The van der Waals surface area contributed by atoms with Crippen molar-refractivity contribution in [2.75, 3.05) is 0 Å². The lowest BCUT2D eigenvalue weighted by molar-refractivity contribution is -0.135. The average molecular weight is 127 g/mol. The number of nitrogens with zero attached hydrogens (tertiary/aromatic N) is 3. The molecular weight excluding hydrogens is 122 g/mol. The van der Waals surface area contributed by atoms with Crippen molar-refractivity contribution in [3.8, 4) is 0 Å². The van der Waals surface area contributed by atoms with Gasteiger partial charge in [0.05, 0.1) is 6.21 Å². The first-order valence-electron chi connectivity index (χ1n) is 2.35. The van der Waals surface area contributed by atoms with Crippen molar-refractivity contribution in [1.29, 1.82) is 0 Å². The van der Waals surface area contributed by atoms with E-state index in [1.165, 1.54) is 6.21 Å². The summed E-state index contributed by atoms with van der Waals surface area (Å²) < 4.78 is 4.50. The van der Waals surface area contributed by atoms with Crippen molar-refractivity contribution in [3.63, 3.8) is 0 Å². The minimum absolute atomic E-state index is 0.316. The zero-order chi connectivity index (χ0) is 6.74. The van der Waals surface area contributed by atoms with Crippen LogP contribution >= 0.6 is 0 Å². The van der Waals surface area contributed by atoms with Gasteiger partial charge in [0.15, 0.2) is 0 Å². The van der Waals surface area contributed by atoms with E-state index < -0.39 is 5.72 Å². The zero-order valence-electron chi connectivity index (χ0n) is 4.81. The van der Waals surface area contributed by atoms with Crippen molar-refractivity contribution in [3.05, 3.63) is 0 Å². The molecule has 0 spiro atoms. The summed E-state index contributed by atoms with van der Waals surface area (Å²) in [5.74, 6) is 0. The average Bonchev–Trinajstić information content (AvgIpc) is 2.16. The third-order valence-electron chi connectivity index (χ3n) is 0.879. The van der Waals surface area contributed by atoms with Crippen LogP contribution in [0.5, 0.6) is 0 Å². The van der Waals surface area contributed by atoms with Crippen LogP contribution in [0.15, 0.2) is 15.4 Å². The summed E-state index contributed by atoms with van der Waals surface area (Å²) in [4.78, 5) is 9.78. The van der Waals surface area contributed by atoms with Crippen LogP contribution in [0.3, 0.4) is 0 Å². The number of ether oxygens (including phenoxy) is 1. The molecule has 5 heteroatoms. The van der Waals surface area contributed by atoms with Gasteiger partial charge in [-0.05, 0) is 5.22 Å². The number of carbonyl (C=O) groups excluding carboxylic acids is 1. The largest absolute Gasteiger partial charge is 0.432 e. The monoisotopic (exact) mass is 127 g/mol. The van der Waals surface area contributed by atoms with Crippen LogP contribution in [0.25, 0.3) is 0 Å². The number of hydrogen-bond acceptors (Lipinski definition) is 5. The van der Waals surface area contributed by atoms with Crippen molar-refractivity contribution < 1.29 is 9.53 Å².